The molecule has 0 saturated carbocycles. The number of nitrogen functional groups attached to an aromatic ring is 2. The molecule has 0 amide bonds. The fourth-order valence-corrected chi connectivity index (χ4v) is 2.88. The Morgan fingerprint density at radius 1 is 1.11 bits per heavy atom. The van der Waals surface area contributed by atoms with Gasteiger partial charge in [0.2, 0.25) is 0 Å². The molecule has 27 heavy (non-hydrogen) atoms. The van der Waals surface area contributed by atoms with Crippen molar-refractivity contribution in [2.75, 3.05) is 16.8 Å². The molecule has 0 spiro atoms. The van der Waals surface area contributed by atoms with E-state index in [4.69, 9.17) is 11.5 Å². The molecule has 8 nitrogen and oxygen atoms in total. The van der Waals surface area contributed by atoms with Gasteiger partial charge in [-0.1, -0.05) is 6.07 Å². The molecule has 0 unspecified atom stereocenters. The first-order valence-corrected chi connectivity index (χ1v) is 8.26. The molecule has 5 N–H and O–H groups in total. The van der Waals surface area contributed by atoms with E-state index in [0.29, 0.717) is 23.0 Å². The summed E-state index contributed by atoms with van der Waals surface area (Å²) < 4.78 is 15.6. The highest BCUT2D eigenvalue weighted by molar-refractivity contribution is 5.78. The predicted molar refractivity (Wildman–Crippen MR) is 102 cm³/mol. The van der Waals surface area contributed by atoms with E-state index in [0.717, 1.165) is 5.52 Å². The number of imidazole rings is 1. The Labute approximate surface area is 154 Å². The SMILES string of the molecule is C[C@H](Nc1ncnc(N)c1N)c1nc2cc(F)ccc2n1-c1ccccn1. The van der Waals surface area contributed by atoms with Crippen LogP contribution in [0.2, 0.25) is 0 Å². The highest BCUT2D eigenvalue weighted by Crippen LogP contribution is 2.28. The van der Waals surface area contributed by atoms with Crippen molar-refractivity contribution < 1.29 is 4.39 Å². The summed E-state index contributed by atoms with van der Waals surface area (Å²) in [5.74, 6) is 1.55. The van der Waals surface area contributed by atoms with Crippen molar-refractivity contribution >= 4 is 28.4 Å². The number of aromatic nitrogens is 5. The van der Waals surface area contributed by atoms with E-state index >= 15 is 0 Å². The zero-order valence-electron chi connectivity index (χ0n) is 14.5. The summed E-state index contributed by atoms with van der Waals surface area (Å²) in [6.07, 6.45) is 3.02. The molecular formula is C18H17FN8. The summed E-state index contributed by atoms with van der Waals surface area (Å²) in [4.78, 5) is 17.0. The Morgan fingerprint density at radius 2 is 1.96 bits per heavy atom. The number of nitrogens with two attached hydrogens (primary N) is 2. The first-order valence-electron chi connectivity index (χ1n) is 8.26. The molecule has 4 rings (SSSR count). The molecule has 1 atom stereocenters. The molecule has 4 aromatic rings. The van der Waals surface area contributed by atoms with Crippen LogP contribution in [0.15, 0.2) is 48.9 Å². The normalized spacial score (nSPS) is 12.2. The molecule has 0 aliphatic carbocycles. The van der Waals surface area contributed by atoms with Gasteiger partial charge < -0.3 is 16.8 Å². The van der Waals surface area contributed by atoms with Gasteiger partial charge in [-0.25, -0.2) is 24.3 Å². The molecule has 0 aliphatic rings. The second kappa shape index (κ2) is 6.52. The predicted octanol–water partition coefficient (Wildman–Crippen LogP) is 2.69. The number of benzene rings is 1. The first kappa shape index (κ1) is 16.7. The minimum Gasteiger partial charge on any atom is -0.393 e. The second-order valence-corrected chi connectivity index (χ2v) is 6.01. The number of nitrogens with zero attached hydrogens (tertiary/aromatic N) is 5. The van der Waals surface area contributed by atoms with E-state index in [-0.39, 0.29) is 23.4 Å². The summed E-state index contributed by atoms with van der Waals surface area (Å²) in [5.41, 5.74) is 13.2. The molecular weight excluding hydrogens is 347 g/mol. The van der Waals surface area contributed by atoms with Crippen LogP contribution in [0, 0.1) is 5.82 Å². The van der Waals surface area contributed by atoms with Gasteiger partial charge in [-0.2, -0.15) is 0 Å². The summed E-state index contributed by atoms with van der Waals surface area (Å²) in [5, 5.41) is 3.19. The van der Waals surface area contributed by atoms with Gasteiger partial charge in [0.15, 0.2) is 11.6 Å². The molecule has 0 radical (unpaired) electrons. The zero-order valence-corrected chi connectivity index (χ0v) is 14.5. The minimum atomic E-state index is -0.354. The maximum Gasteiger partial charge on any atom is 0.155 e. The van der Waals surface area contributed by atoms with Crippen molar-refractivity contribution in [1.82, 2.24) is 24.5 Å². The van der Waals surface area contributed by atoms with E-state index in [9.17, 15) is 4.39 Å². The molecule has 0 fully saturated rings. The van der Waals surface area contributed by atoms with Gasteiger partial charge in [0.05, 0.1) is 17.1 Å². The Kier molecular flexibility index (Phi) is 4.03. The monoisotopic (exact) mass is 364 g/mol. The number of fused-ring (bicyclic) bond motifs is 1. The van der Waals surface area contributed by atoms with Crippen LogP contribution in [0.4, 0.5) is 21.7 Å². The van der Waals surface area contributed by atoms with E-state index in [1.54, 1.807) is 12.3 Å². The highest BCUT2D eigenvalue weighted by Gasteiger charge is 2.20. The number of hydrogen-bond acceptors (Lipinski definition) is 7. The Hall–Kier alpha value is -3.75. The first-order chi connectivity index (χ1) is 13.0. The molecule has 3 heterocycles. The highest BCUT2D eigenvalue weighted by atomic mass is 19.1. The van der Waals surface area contributed by atoms with Gasteiger partial charge in [-0.15, -0.1) is 0 Å². The summed E-state index contributed by atoms with van der Waals surface area (Å²) >= 11 is 0. The molecule has 0 bridgehead atoms. The van der Waals surface area contributed by atoms with Crippen LogP contribution in [0.5, 0.6) is 0 Å². The van der Waals surface area contributed by atoms with Gasteiger partial charge in [-0.3, -0.25) is 4.57 Å². The molecule has 9 heteroatoms. The Morgan fingerprint density at radius 3 is 2.74 bits per heavy atom. The lowest BCUT2D eigenvalue weighted by atomic mass is 10.3. The van der Waals surface area contributed by atoms with Crippen LogP contribution in [0.3, 0.4) is 0 Å². The fourth-order valence-electron chi connectivity index (χ4n) is 2.88. The van der Waals surface area contributed by atoms with E-state index in [2.05, 4.69) is 25.3 Å². The van der Waals surface area contributed by atoms with Gasteiger partial charge in [0.25, 0.3) is 0 Å². The zero-order chi connectivity index (χ0) is 19.0. The maximum absolute atomic E-state index is 13.7. The van der Waals surface area contributed by atoms with Crippen molar-refractivity contribution in [3.05, 3.63) is 60.6 Å². The Balaban J connectivity index is 1.84. The number of pyridine rings is 1. The van der Waals surface area contributed by atoms with Crippen LogP contribution < -0.4 is 16.8 Å². The van der Waals surface area contributed by atoms with Crippen molar-refractivity contribution in [2.45, 2.75) is 13.0 Å². The maximum atomic E-state index is 13.7. The standard InChI is InChI=1S/C18H17FN8/c1-10(25-17-15(20)16(21)23-9-24-17)18-26-12-8-11(19)5-6-13(12)27(18)14-4-2-3-7-22-14/h2-10H,20H2,1H3,(H3,21,23,24,25)/t10-/m0/s1. The van der Waals surface area contributed by atoms with Gasteiger partial charge in [0, 0.05) is 12.3 Å². The van der Waals surface area contributed by atoms with Gasteiger partial charge in [0.1, 0.15) is 29.5 Å². The number of nitrogens with one attached hydrogen (secondary N) is 1. The second-order valence-electron chi connectivity index (χ2n) is 6.01. The molecule has 136 valence electrons. The van der Waals surface area contributed by atoms with E-state index in [1.165, 1.54) is 18.5 Å². The number of anilines is 3. The van der Waals surface area contributed by atoms with Crippen LogP contribution in [-0.4, -0.2) is 24.5 Å². The van der Waals surface area contributed by atoms with Gasteiger partial charge >= 0.3 is 0 Å². The van der Waals surface area contributed by atoms with E-state index < -0.39 is 0 Å². The lowest BCUT2D eigenvalue weighted by Gasteiger charge is -2.17. The summed E-state index contributed by atoms with van der Waals surface area (Å²) in [7, 11) is 0. The molecule has 0 saturated heterocycles. The molecule has 0 aliphatic heterocycles. The van der Waals surface area contributed by atoms with E-state index in [1.807, 2.05) is 29.7 Å². The van der Waals surface area contributed by atoms with Crippen molar-refractivity contribution in [1.29, 1.82) is 0 Å². The largest absolute Gasteiger partial charge is 0.393 e. The summed E-state index contributed by atoms with van der Waals surface area (Å²) in [6, 6.07) is 9.71. The van der Waals surface area contributed by atoms with Crippen molar-refractivity contribution in [3.8, 4) is 5.82 Å². The smallest absolute Gasteiger partial charge is 0.155 e. The molecule has 1 aromatic carbocycles. The van der Waals surface area contributed by atoms with Gasteiger partial charge in [-0.05, 0) is 31.2 Å². The van der Waals surface area contributed by atoms with Crippen LogP contribution >= 0.6 is 0 Å². The van der Waals surface area contributed by atoms with Crippen molar-refractivity contribution in [3.63, 3.8) is 0 Å². The molecule has 3 aromatic heterocycles. The average Bonchev–Trinajstić information content (AvgIpc) is 3.04. The van der Waals surface area contributed by atoms with Crippen LogP contribution in [-0.2, 0) is 0 Å². The topological polar surface area (TPSA) is 121 Å². The number of halogens is 1. The lowest BCUT2D eigenvalue weighted by Crippen LogP contribution is -2.16. The third-order valence-corrected chi connectivity index (χ3v) is 4.18. The Bertz CT molecular complexity index is 1110. The average molecular weight is 364 g/mol. The fraction of sp³-hybridized carbons (Fsp3) is 0.111. The number of hydrogen-bond donors (Lipinski definition) is 3. The minimum absolute atomic E-state index is 0.194. The van der Waals surface area contributed by atoms with Crippen LogP contribution in [0.25, 0.3) is 16.9 Å². The summed E-state index contributed by atoms with van der Waals surface area (Å²) in [6.45, 7) is 1.90. The number of rotatable bonds is 4. The lowest BCUT2D eigenvalue weighted by molar-refractivity contribution is 0.629. The third-order valence-electron chi connectivity index (χ3n) is 4.18. The van der Waals surface area contributed by atoms with Crippen LogP contribution in [0.1, 0.15) is 18.8 Å². The third kappa shape index (κ3) is 2.99. The quantitative estimate of drug-likeness (QED) is 0.509. The van der Waals surface area contributed by atoms with Crippen molar-refractivity contribution in [2.24, 2.45) is 0 Å².